The molecular weight excluding hydrogens is 364 g/mol. The van der Waals surface area contributed by atoms with E-state index in [9.17, 15) is 10.1 Å². The molecule has 1 aliphatic heterocycles. The number of esters is 1. The molecule has 0 bridgehead atoms. The predicted octanol–water partition coefficient (Wildman–Crippen LogP) is -0.0533. The summed E-state index contributed by atoms with van der Waals surface area (Å²) >= 11 is 0. The second kappa shape index (κ2) is 10.5. The van der Waals surface area contributed by atoms with Crippen LogP contribution in [0.2, 0.25) is 0 Å². The standard InChI is InChI=1S/C20H25N4O2.ClH/c1-4-23(5-2)19-8-6-17(7-9-19)14-18(15-21)20(25)26-13-12-24(3)11-10-22-16-24;/h6-11,14,16H,4-5,12-13H2,1-3H3;1H/q+1;/p-1. The lowest BCUT2D eigenvalue weighted by atomic mass is 10.1. The maximum absolute atomic E-state index is 12.1. The predicted molar refractivity (Wildman–Crippen MR) is 103 cm³/mol. The van der Waals surface area contributed by atoms with Gasteiger partial charge in [-0.2, -0.15) is 5.26 Å². The van der Waals surface area contributed by atoms with Gasteiger partial charge in [0, 0.05) is 18.8 Å². The van der Waals surface area contributed by atoms with Crippen LogP contribution in [-0.4, -0.2) is 50.1 Å². The highest BCUT2D eigenvalue weighted by Crippen LogP contribution is 2.17. The molecule has 0 spiro atoms. The molecule has 0 radical (unpaired) electrons. The lowest BCUT2D eigenvalue weighted by Crippen LogP contribution is -3.00. The molecule has 0 aromatic heterocycles. The minimum Gasteiger partial charge on any atom is -1.00 e. The van der Waals surface area contributed by atoms with Crippen molar-refractivity contribution in [3.63, 3.8) is 0 Å². The summed E-state index contributed by atoms with van der Waals surface area (Å²) in [6.45, 7) is 6.85. The highest BCUT2D eigenvalue weighted by molar-refractivity contribution is 5.97. The first kappa shape index (κ1) is 22.4. The fourth-order valence-corrected chi connectivity index (χ4v) is 2.64. The van der Waals surface area contributed by atoms with Gasteiger partial charge in [0.1, 0.15) is 31.0 Å². The summed E-state index contributed by atoms with van der Waals surface area (Å²) in [5, 5.41) is 9.27. The maximum Gasteiger partial charge on any atom is 0.349 e. The van der Waals surface area contributed by atoms with E-state index in [4.69, 9.17) is 4.74 Å². The Hall–Kier alpha value is -2.62. The van der Waals surface area contributed by atoms with Crippen LogP contribution in [0.4, 0.5) is 5.69 Å². The van der Waals surface area contributed by atoms with Crippen LogP contribution in [0.15, 0.2) is 47.2 Å². The molecule has 1 aromatic carbocycles. The quantitative estimate of drug-likeness (QED) is 0.271. The molecule has 1 heterocycles. The smallest absolute Gasteiger partial charge is 0.349 e. The van der Waals surface area contributed by atoms with Gasteiger partial charge in [-0.3, -0.25) is 4.48 Å². The summed E-state index contributed by atoms with van der Waals surface area (Å²) in [6.07, 6.45) is 6.95. The van der Waals surface area contributed by atoms with Crippen LogP contribution in [0.25, 0.3) is 6.08 Å². The number of carbonyl (C=O) groups excluding carboxylic acids is 1. The number of quaternary nitrogens is 1. The van der Waals surface area contributed by atoms with Crippen LogP contribution < -0.4 is 17.3 Å². The number of halogens is 1. The van der Waals surface area contributed by atoms with E-state index in [1.807, 2.05) is 43.6 Å². The maximum atomic E-state index is 12.1. The number of rotatable bonds is 8. The van der Waals surface area contributed by atoms with Gasteiger partial charge in [0.15, 0.2) is 6.34 Å². The molecule has 1 atom stereocenters. The summed E-state index contributed by atoms with van der Waals surface area (Å²) in [5.74, 6) is -0.605. The Labute approximate surface area is 167 Å². The molecule has 0 saturated carbocycles. The number of nitrogens with zero attached hydrogens (tertiary/aromatic N) is 4. The summed E-state index contributed by atoms with van der Waals surface area (Å²) < 4.78 is 5.72. The van der Waals surface area contributed by atoms with Crippen LogP contribution in [0.3, 0.4) is 0 Å². The number of hydrogen-bond acceptors (Lipinski definition) is 5. The number of benzene rings is 1. The van der Waals surface area contributed by atoms with Crippen molar-refractivity contribution in [1.82, 2.24) is 0 Å². The van der Waals surface area contributed by atoms with Gasteiger partial charge in [0.2, 0.25) is 0 Å². The van der Waals surface area contributed by atoms with Gasteiger partial charge in [-0.15, -0.1) is 0 Å². The lowest BCUT2D eigenvalue weighted by molar-refractivity contribution is -0.756. The van der Waals surface area contributed by atoms with Gasteiger partial charge in [-0.1, -0.05) is 12.1 Å². The number of likely N-dealkylation sites (N-methyl/N-ethyl adjacent to an activating group) is 1. The molecule has 0 N–H and O–H groups in total. The van der Waals surface area contributed by atoms with Gasteiger partial charge in [-0.25, -0.2) is 9.79 Å². The molecule has 27 heavy (non-hydrogen) atoms. The van der Waals surface area contributed by atoms with Crippen molar-refractivity contribution in [2.45, 2.75) is 13.8 Å². The second-order valence-electron chi connectivity index (χ2n) is 6.20. The third kappa shape index (κ3) is 6.24. The minimum atomic E-state index is -0.605. The normalized spacial score (nSPS) is 17.9. The van der Waals surface area contributed by atoms with E-state index in [1.54, 1.807) is 18.6 Å². The van der Waals surface area contributed by atoms with Gasteiger partial charge in [0.05, 0.1) is 13.2 Å². The first-order chi connectivity index (χ1) is 12.5. The largest absolute Gasteiger partial charge is 1.00 e. The Morgan fingerprint density at radius 1 is 1.30 bits per heavy atom. The highest BCUT2D eigenvalue weighted by Gasteiger charge is 2.20. The SMILES string of the molecule is CCN(CC)c1ccc(C=C(C#N)C(=O)OCC[N+]2(C)C=CN=C2)cc1.[Cl-]. The Kier molecular flexibility index (Phi) is 8.73. The molecule has 144 valence electrons. The van der Waals surface area contributed by atoms with Crippen molar-refractivity contribution in [1.29, 1.82) is 5.26 Å². The van der Waals surface area contributed by atoms with E-state index in [0.717, 1.165) is 24.3 Å². The Morgan fingerprint density at radius 3 is 2.48 bits per heavy atom. The van der Waals surface area contributed by atoms with Gasteiger partial charge >= 0.3 is 5.97 Å². The minimum absolute atomic E-state index is 0. The summed E-state index contributed by atoms with van der Waals surface area (Å²) in [5.41, 5.74) is 1.91. The topological polar surface area (TPSA) is 65.7 Å². The van der Waals surface area contributed by atoms with E-state index in [2.05, 4.69) is 23.7 Å². The van der Waals surface area contributed by atoms with Crippen LogP contribution in [0.1, 0.15) is 19.4 Å². The van der Waals surface area contributed by atoms with Crippen LogP contribution in [-0.2, 0) is 9.53 Å². The van der Waals surface area contributed by atoms with E-state index in [-0.39, 0.29) is 24.6 Å². The van der Waals surface area contributed by atoms with E-state index in [1.165, 1.54) is 0 Å². The van der Waals surface area contributed by atoms with Crippen molar-refractivity contribution in [3.05, 3.63) is 47.8 Å². The van der Waals surface area contributed by atoms with Crippen LogP contribution in [0, 0.1) is 11.3 Å². The van der Waals surface area contributed by atoms with Crippen molar-refractivity contribution in [2.75, 3.05) is 38.2 Å². The first-order valence-electron chi connectivity index (χ1n) is 8.72. The molecule has 7 heteroatoms. The third-order valence-corrected chi connectivity index (χ3v) is 4.30. The van der Waals surface area contributed by atoms with E-state index >= 15 is 0 Å². The van der Waals surface area contributed by atoms with E-state index in [0.29, 0.717) is 11.0 Å². The lowest BCUT2D eigenvalue weighted by Gasteiger charge is -2.21. The summed E-state index contributed by atoms with van der Waals surface area (Å²) in [7, 11) is 1.96. The third-order valence-electron chi connectivity index (χ3n) is 4.30. The van der Waals surface area contributed by atoms with Crippen molar-refractivity contribution in [3.8, 4) is 6.07 Å². The fraction of sp³-hybridized carbons (Fsp3) is 0.350. The number of carbonyl (C=O) groups is 1. The Balaban J connectivity index is 0.00000364. The fourth-order valence-electron chi connectivity index (χ4n) is 2.64. The van der Waals surface area contributed by atoms with Crippen LogP contribution in [0.5, 0.6) is 0 Å². The summed E-state index contributed by atoms with van der Waals surface area (Å²) in [4.78, 5) is 18.4. The van der Waals surface area contributed by atoms with Crippen LogP contribution >= 0.6 is 0 Å². The number of anilines is 1. The highest BCUT2D eigenvalue weighted by atomic mass is 35.5. The van der Waals surface area contributed by atoms with Gasteiger partial charge < -0.3 is 22.0 Å². The number of ether oxygens (including phenoxy) is 1. The molecular formula is C20H25ClN4O2. The zero-order chi connectivity index (χ0) is 19.0. The Bertz CT molecular complexity index is 747. The zero-order valence-corrected chi connectivity index (χ0v) is 16.7. The average molecular weight is 389 g/mol. The molecule has 0 fully saturated rings. The number of nitriles is 1. The molecule has 1 aromatic rings. The first-order valence-corrected chi connectivity index (χ1v) is 8.72. The summed E-state index contributed by atoms with van der Waals surface area (Å²) in [6, 6.07) is 9.70. The number of aliphatic imine (C=N–C) groups is 1. The molecule has 0 aliphatic carbocycles. The van der Waals surface area contributed by atoms with Crippen molar-refractivity contribution < 1.29 is 26.4 Å². The van der Waals surface area contributed by atoms with E-state index < -0.39 is 5.97 Å². The molecule has 1 aliphatic rings. The van der Waals surface area contributed by atoms with Gasteiger partial charge in [0.25, 0.3) is 0 Å². The second-order valence-corrected chi connectivity index (χ2v) is 6.20. The Morgan fingerprint density at radius 2 is 1.96 bits per heavy atom. The van der Waals surface area contributed by atoms with Crippen molar-refractivity contribution in [2.24, 2.45) is 4.99 Å². The molecule has 2 rings (SSSR count). The molecule has 0 saturated heterocycles. The molecule has 0 amide bonds. The zero-order valence-electron chi connectivity index (χ0n) is 15.9. The molecule has 6 nitrogen and oxygen atoms in total. The molecule has 1 unspecified atom stereocenters. The van der Waals surface area contributed by atoms with Gasteiger partial charge in [-0.05, 0) is 37.6 Å². The van der Waals surface area contributed by atoms with Crippen molar-refractivity contribution >= 4 is 24.1 Å². The monoisotopic (exact) mass is 388 g/mol. The average Bonchev–Trinajstić information content (AvgIpc) is 3.08. The number of hydrogen-bond donors (Lipinski definition) is 0.